The van der Waals surface area contributed by atoms with E-state index in [1.54, 1.807) is 6.92 Å². The minimum Gasteiger partial charge on any atom is -0.380 e. The van der Waals surface area contributed by atoms with Gasteiger partial charge in [-0.3, -0.25) is 9.79 Å². The van der Waals surface area contributed by atoms with Crippen molar-refractivity contribution < 1.29 is 9.90 Å². The third kappa shape index (κ3) is 1.05. The van der Waals surface area contributed by atoms with Crippen LogP contribution in [0.1, 0.15) is 6.92 Å². The first-order valence-electron chi connectivity index (χ1n) is 2.63. The summed E-state index contributed by atoms with van der Waals surface area (Å²) in [5, 5.41) is 8.94. The Bertz CT molecular complexity index is 193. The molecule has 3 nitrogen and oxygen atoms in total. The molecule has 0 aromatic carbocycles. The maximum absolute atomic E-state index is 10.6. The van der Waals surface area contributed by atoms with Gasteiger partial charge in [0.2, 0.25) is 5.78 Å². The molecule has 1 aliphatic heterocycles. The molecular formula is C6H7NO2. The first kappa shape index (κ1) is 6.16. The highest BCUT2D eigenvalue weighted by Crippen LogP contribution is 2.05. The highest BCUT2D eigenvalue weighted by molar-refractivity contribution is 6.31. The summed E-state index contributed by atoms with van der Waals surface area (Å²) in [6, 6.07) is 0. The summed E-state index contributed by atoms with van der Waals surface area (Å²) >= 11 is 0. The van der Waals surface area contributed by atoms with Crippen molar-refractivity contribution in [2.75, 3.05) is 0 Å². The normalized spacial score (nSPS) is 26.2. The Morgan fingerprint density at radius 3 is 2.89 bits per heavy atom. The van der Waals surface area contributed by atoms with Crippen LogP contribution in [-0.4, -0.2) is 23.2 Å². The van der Waals surface area contributed by atoms with Crippen molar-refractivity contribution in [2.45, 2.75) is 13.0 Å². The van der Waals surface area contributed by atoms with Gasteiger partial charge < -0.3 is 5.11 Å². The Morgan fingerprint density at radius 2 is 2.44 bits per heavy atom. The summed E-state index contributed by atoms with van der Waals surface area (Å²) in [6.07, 6.45) is 1.64. The fraction of sp³-hybridized carbons (Fsp3) is 0.333. The van der Waals surface area contributed by atoms with Gasteiger partial charge >= 0.3 is 0 Å². The zero-order chi connectivity index (χ0) is 6.85. The molecule has 0 amide bonds. The number of carbonyl (C=O) groups excluding carboxylic acids is 1. The van der Waals surface area contributed by atoms with Crippen molar-refractivity contribution in [1.29, 1.82) is 0 Å². The van der Waals surface area contributed by atoms with Crippen molar-refractivity contribution in [3.05, 3.63) is 11.8 Å². The lowest BCUT2D eigenvalue weighted by molar-refractivity contribution is -0.118. The molecule has 1 heterocycles. The SMILES string of the molecule is CC1=CN=CC(=O)C1O. The topological polar surface area (TPSA) is 49.7 Å². The lowest BCUT2D eigenvalue weighted by Crippen LogP contribution is -2.24. The first-order valence-corrected chi connectivity index (χ1v) is 2.63. The highest BCUT2D eigenvalue weighted by atomic mass is 16.3. The minimum atomic E-state index is -0.956. The van der Waals surface area contributed by atoms with Crippen molar-refractivity contribution >= 4 is 12.0 Å². The predicted octanol–water partition coefficient (Wildman–Crippen LogP) is -0.0954. The summed E-state index contributed by atoms with van der Waals surface area (Å²) in [4.78, 5) is 14.2. The molecule has 1 atom stereocenters. The van der Waals surface area contributed by atoms with Gasteiger partial charge in [-0.05, 0) is 12.5 Å². The molecule has 48 valence electrons. The number of aliphatic imine (C=N–C) groups is 1. The molecule has 3 heteroatoms. The summed E-state index contributed by atoms with van der Waals surface area (Å²) in [5.74, 6) is -0.338. The van der Waals surface area contributed by atoms with Gasteiger partial charge in [-0.15, -0.1) is 0 Å². The van der Waals surface area contributed by atoms with E-state index in [1.807, 2.05) is 0 Å². The summed E-state index contributed by atoms with van der Waals surface area (Å²) in [7, 11) is 0. The van der Waals surface area contributed by atoms with Crippen molar-refractivity contribution in [1.82, 2.24) is 0 Å². The third-order valence-electron chi connectivity index (χ3n) is 1.18. The van der Waals surface area contributed by atoms with E-state index in [9.17, 15) is 4.79 Å². The fourth-order valence-corrected chi connectivity index (χ4v) is 0.594. The molecule has 1 unspecified atom stereocenters. The third-order valence-corrected chi connectivity index (χ3v) is 1.18. The van der Waals surface area contributed by atoms with E-state index in [0.717, 1.165) is 6.21 Å². The second-order valence-electron chi connectivity index (χ2n) is 1.96. The first-order chi connectivity index (χ1) is 4.22. The number of aliphatic hydroxyl groups excluding tert-OH is 1. The number of aliphatic hydroxyl groups is 1. The van der Waals surface area contributed by atoms with Crippen LogP contribution in [0.15, 0.2) is 16.8 Å². The molecule has 0 aliphatic carbocycles. The van der Waals surface area contributed by atoms with Crippen molar-refractivity contribution in [3.8, 4) is 0 Å². The van der Waals surface area contributed by atoms with Gasteiger partial charge in [0.15, 0.2) is 0 Å². The summed E-state index contributed by atoms with van der Waals surface area (Å²) in [6.45, 7) is 1.67. The molecule has 0 bridgehead atoms. The Hall–Kier alpha value is -0.960. The quantitative estimate of drug-likeness (QED) is 0.491. The van der Waals surface area contributed by atoms with Gasteiger partial charge in [-0.1, -0.05) is 0 Å². The average molecular weight is 125 g/mol. The van der Waals surface area contributed by atoms with Crippen LogP contribution in [0, 0.1) is 0 Å². The van der Waals surface area contributed by atoms with Gasteiger partial charge in [-0.25, -0.2) is 0 Å². The second-order valence-corrected chi connectivity index (χ2v) is 1.96. The lowest BCUT2D eigenvalue weighted by atomic mass is 10.1. The van der Waals surface area contributed by atoms with Crippen LogP contribution in [0.4, 0.5) is 0 Å². The molecule has 1 aliphatic rings. The number of carbonyl (C=O) groups is 1. The van der Waals surface area contributed by atoms with E-state index in [-0.39, 0.29) is 5.78 Å². The Labute approximate surface area is 52.7 Å². The van der Waals surface area contributed by atoms with E-state index in [2.05, 4.69) is 4.99 Å². The fourth-order valence-electron chi connectivity index (χ4n) is 0.594. The molecule has 1 rings (SSSR count). The molecule has 0 spiro atoms. The van der Waals surface area contributed by atoms with E-state index in [0.29, 0.717) is 5.57 Å². The predicted molar refractivity (Wildman–Crippen MR) is 33.3 cm³/mol. The van der Waals surface area contributed by atoms with Gasteiger partial charge in [0, 0.05) is 6.20 Å². The molecule has 0 aromatic heterocycles. The van der Waals surface area contributed by atoms with Crippen LogP contribution >= 0.6 is 0 Å². The number of ketones is 1. The number of hydrogen-bond donors (Lipinski definition) is 1. The monoisotopic (exact) mass is 125 g/mol. The van der Waals surface area contributed by atoms with Crippen molar-refractivity contribution in [2.24, 2.45) is 4.99 Å². The summed E-state index contributed by atoms with van der Waals surface area (Å²) < 4.78 is 0. The molecule has 9 heavy (non-hydrogen) atoms. The molecular weight excluding hydrogens is 118 g/mol. The number of nitrogens with zero attached hydrogens (tertiary/aromatic N) is 1. The number of Topliss-reactive ketones (excluding diaryl/α,β-unsaturated/α-hetero) is 1. The van der Waals surface area contributed by atoms with Gasteiger partial charge in [0.05, 0.1) is 6.21 Å². The molecule has 1 N–H and O–H groups in total. The van der Waals surface area contributed by atoms with E-state index < -0.39 is 6.10 Å². The van der Waals surface area contributed by atoms with Crippen LogP contribution in [0.25, 0.3) is 0 Å². The Kier molecular flexibility index (Phi) is 1.44. The van der Waals surface area contributed by atoms with Crippen LogP contribution < -0.4 is 0 Å². The van der Waals surface area contributed by atoms with Crippen LogP contribution in [0.3, 0.4) is 0 Å². The van der Waals surface area contributed by atoms with Gasteiger partial charge in [0.1, 0.15) is 6.10 Å². The van der Waals surface area contributed by atoms with E-state index in [4.69, 9.17) is 5.11 Å². The molecule has 0 radical (unpaired) electrons. The zero-order valence-corrected chi connectivity index (χ0v) is 5.03. The van der Waals surface area contributed by atoms with Crippen LogP contribution in [0.2, 0.25) is 0 Å². The van der Waals surface area contributed by atoms with E-state index >= 15 is 0 Å². The average Bonchev–Trinajstić information content (AvgIpc) is 1.83. The summed E-state index contributed by atoms with van der Waals surface area (Å²) in [5.41, 5.74) is 0.600. The molecule has 0 fully saturated rings. The largest absolute Gasteiger partial charge is 0.380 e. The highest BCUT2D eigenvalue weighted by Gasteiger charge is 2.16. The van der Waals surface area contributed by atoms with E-state index in [1.165, 1.54) is 6.20 Å². The van der Waals surface area contributed by atoms with Gasteiger partial charge in [-0.2, -0.15) is 0 Å². The molecule has 0 aromatic rings. The number of rotatable bonds is 0. The molecule has 0 saturated carbocycles. The maximum atomic E-state index is 10.6. The standard InChI is InChI=1S/C6H7NO2/c1-4-2-7-3-5(8)6(4)9/h2-3,6,9H,1H3. The van der Waals surface area contributed by atoms with Crippen LogP contribution in [0.5, 0.6) is 0 Å². The zero-order valence-electron chi connectivity index (χ0n) is 5.03. The van der Waals surface area contributed by atoms with Crippen LogP contribution in [-0.2, 0) is 4.79 Å². The maximum Gasteiger partial charge on any atom is 0.206 e. The smallest absolute Gasteiger partial charge is 0.206 e. The second kappa shape index (κ2) is 2.11. The van der Waals surface area contributed by atoms with Gasteiger partial charge in [0.25, 0.3) is 0 Å². The Morgan fingerprint density at radius 1 is 1.78 bits per heavy atom. The van der Waals surface area contributed by atoms with Crippen molar-refractivity contribution in [3.63, 3.8) is 0 Å². The Balaban J connectivity index is 2.86. The molecule has 0 saturated heterocycles. The number of hydrogen-bond acceptors (Lipinski definition) is 3. The lowest BCUT2D eigenvalue weighted by Gasteiger charge is -2.08. The minimum absolute atomic E-state index is 0.338.